The number of amidine groups is 1. The lowest BCUT2D eigenvalue weighted by atomic mass is 9.94. The number of fused-ring (bicyclic) bond motifs is 1. The predicted octanol–water partition coefficient (Wildman–Crippen LogP) is 2.56. The Morgan fingerprint density at radius 1 is 1.02 bits per heavy atom. The van der Waals surface area contributed by atoms with E-state index in [0.717, 1.165) is 37.3 Å². The fourth-order valence-corrected chi connectivity index (χ4v) is 6.44. The maximum Gasteiger partial charge on any atom is 0.323 e. The minimum absolute atomic E-state index is 0.0943. The first-order valence-electron chi connectivity index (χ1n) is 14.7. The lowest BCUT2D eigenvalue weighted by Gasteiger charge is -2.41. The summed E-state index contributed by atoms with van der Waals surface area (Å²) < 4.78 is 5.25. The van der Waals surface area contributed by atoms with Gasteiger partial charge in [-0.1, -0.05) is 49.3 Å². The van der Waals surface area contributed by atoms with E-state index >= 15 is 0 Å². The zero-order valence-corrected chi connectivity index (χ0v) is 23.9. The number of carbonyl (C=O) groups is 3. The van der Waals surface area contributed by atoms with Gasteiger partial charge in [-0.2, -0.15) is 0 Å². The van der Waals surface area contributed by atoms with Crippen molar-refractivity contribution in [3.05, 3.63) is 64.7 Å². The monoisotopic (exact) mass is 568 g/mol. The van der Waals surface area contributed by atoms with Crippen molar-refractivity contribution < 1.29 is 19.1 Å². The van der Waals surface area contributed by atoms with Crippen LogP contribution in [-0.2, 0) is 11.3 Å². The van der Waals surface area contributed by atoms with Crippen LogP contribution in [0.1, 0.15) is 59.2 Å². The molecule has 4 aliphatic rings. The fraction of sp³-hybridized carbons (Fsp3) is 0.438. The second-order valence-electron chi connectivity index (χ2n) is 11.5. The van der Waals surface area contributed by atoms with Crippen LogP contribution in [0.5, 0.6) is 5.75 Å². The third-order valence-electron chi connectivity index (χ3n) is 8.87. The quantitative estimate of drug-likeness (QED) is 0.221. The molecule has 10 nitrogen and oxygen atoms in total. The van der Waals surface area contributed by atoms with E-state index in [4.69, 9.17) is 10.1 Å². The van der Waals surface area contributed by atoms with Crippen molar-refractivity contribution in [3.63, 3.8) is 0 Å². The Morgan fingerprint density at radius 3 is 2.43 bits per heavy atom. The molecule has 0 radical (unpaired) electrons. The Bertz CT molecular complexity index is 1460. The second-order valence-corrected chi connectivity index (χ2v) is 11.5. The van der Waals surface area contributed by atoms with Gasteiger partial charge < -0.3 is 19.9 Å². The van der Waals surface area contributed by atoms with E-state index in [-0.39, 0.29) is 12.5 Å². The number of benzene rings is 2. The van der Waals surface area contributed by atoms with Gasteiger partial charge in [0, 0.05) is 55.5 Å². The number of methoxy groups -OCH3 is 1. The second kappa shape index (κ2) is 11.5. The van der Waals surface area contributed by atoms with Crippen LogP contribution in [-0.4, -0.2) is 89.8 Å². The molecule has 1 saturated carbocycles. The van der Waals surface area contributed by atoms with Crippen LogP contribution in [0, 0.1) is 17.3 Å². The van der Waals surface area contributed by atoms with Crippen LogP contribution >= 0.6 is 0 Å². The van der Waals surface area contributed by atoms with Gasteiger partial charge in [0.25, 0.3) is 11.8 Å². The number of hydrogen-bond acceptors (Lipinski definition) is 6. The van der Waals surface area contributed by atoms with E-state index in [2.05, 4.69) is 32.3 Å². The molecule has 0 aromatic heterocycles. The number of nitrogens with one attached hydrogen (secondary N) is 3. The molecule has 10 heteroatoms. The van der Waals surface area contributed by atoms with Crippen LogP contribution < -0.4 is 15.4 Å². The predicted molar refractivity (Wildman–Crippen MR) is 157 cm³/mol. The molecular formula is C32H36N6O4. The molecule has 2 aromatic rings. The number of rotatable bonds is 5. The summed E-state index contributed by atoms with van der Waals surface area (Å²) >= 11 is 0. The number of carbonyl (C=O) groups excluding carboxylic acids is 3. The zero-order valence-electron chi connectivity index (χ0n) is 23.9. The molecule has 2 saturated heterocycles. The Kier molecular flexibility index (Phi) is 7.60. The summed E-state index contributed by atoms with van der Waals surface area (Å²) in [6.07, 6.45) is 6.60. The van der Waals surface area contributed by atoms with Gasteiger partial charge in [0.15, 0.2) is 0 Å². The molecular weight excluding hydrogens is 532 g/mol. The van der Waals surface area contributed by atoms with E-state index < -0.39 is 17.5 Å². The molecule has 2 aromatic carbocycles. The van der Waals surface area contributed by atoms with Crippen molar-refractivity contribution in [1.82, 2.24) is 25.3 Å². The summed E-state index contributed by atoms with van der Waals surface area (Å²) in [5.41, 5.74) is 1.20. The maximum absolute atomic E-state index is 13.1. The highest BCUT2D eigenvalue weighted by molar-refractivity contribution is 6.10. The molecule has 3 N–H and O–H groups in total. The van der Waals surface area contributed by atoms with E-state index in [1.807, 2.05) is 30.3 Å². The van der Waals surface area contributed by atoms with Gasteiger partial charge in [-0.15, -0.1) is 0 Å². The SMILES string of the molecule is COc1ccc2c(c1)C(=O)N(C[C@@]1(C#Cc3ccc(C(=N)N4CCN(C5CCCCC5)CC4)cc3)NC(=O)NC1=O)C2. The largest absolute Gasteiger partial charge is 0.497 e. The van der Waals surface area contributed by atoms with Crippen LogP contribution in [0.2, 0.25) is 0 Å². The molecule has 0 bridgehead atoms. The summed E-state index contributed by atoms with van der Waals surface area (Å²) in [4.78, 5) is 44.5. The van der Waals surface area contributed by atoms with Gasteiger partial charge in [0.2, 0.25) is 5.54 Å². The lowest BCUT2D eigenvalue weighted by molar-refractivity contribution is -0.122. The highest BCUT2D eigenvalue weighted by Gasteiger charge is 2.48. The number of imide groups is 1. The van der Waals surface area contributed by atoms with Gasteiger partial charge in [0.05, 0.1) is 13.7 Å². The number of hydrogen-bond donors (Lipinski definition) is 3. The topological polar surface area (TPSA) is 118 Å². The number of urea groups is 1. The first kappa shape index (κ1) is 27.8. The molecule has 6 rings (SSSR count). The molecule has 0 spiro atoms. The smallest absolute Gasteiger partial charge is 0.323 e. The zero-order chi connectivity index (χ0) is 29.3. The molecule has 3 heterocycles. The first-order valence-corrected chi connectivity index (χ1v) is 14.7. The van der Waals surface area contributed by atoms with Crippen molar-refractivity contribution in [3.8, 4) is 17.6 Å². The fourth-order valence-electron chi connectivity index (χ4n) is 6.44. The maximum atomic E-state index is 13.1. The van der Waals surface area contributed by atoms with Crippen LogP contribution in [0.25, 0.3) is 0 Å². The molecule has 42 heavy (non-hydrogen) atoms. The standard InChI is InChI=1S/C32H36N6O4/c1-42-26-12-11-24-20-38(29(39)27(24)19-26)21-32(30(40)34-31(41)35-32)14-13-22-7-9-23(10-8-22)28(33)37-17-15-36(16-18-37)25-5-3-2-4-6-25/h7-12,19,25,33H,2-6,15-18,20-21H2,1H3,(H2,34,35,40,41)/t32-/m1/s1. The summed E-state index contributed by atoms with van der Waals surface area (Å²) in [5.74, 6) is 6.21. The van der Waals surface area contributed by atoms with E-state index in [1.54, 1.807) is 12.1 Å². The van der Waals surface area contributed by atoms with Crippen molar-refractivity contribution in [2.24, 2.45) is 0 Å². The minimum Gasteiger partial charge on any atom is -0.497 e. The molecule has 218 valence electrons. The highest BCUT2D eigenvalue weighted by atomic mass is 16.5. The summed E-state index contributed by atoms with van der Waals surface area (Å²) in [7, 11) is 1.54. The normalized spacial score (nSPS) is 22.7. The molecule has 1 atom stereocenters. The molecule has 3 aliphatic heterocycles. The lowest BCUT2D eigenvalue weighted by Crippen LogP contribution is -2.54. The van der Waals surface area contributed by atoms with Crippen LogP contribution in [0.4, 0.5) is 4.79 Å². The van der Waals surface area contributed by atoms with Gasteiger partial charge in [-0.25, -0.2) is 4.79 Å². The van der Waals surface area contributed by atoms with Crippen LogP contribution in [0.3, 0.4) is 0 Å². The summed E-state index contributed by atoms with van der Waals surface area (Å²) in [5, 5.41) is 13.7. The molecule has 1 aliphatic carbocycles. The van der Waals surface area contributed by atoms with Crippen LogP contribution in [0.15, 0.2) is 42.5 Å². The Labute approximate surface area is 245 Å². The summed E-state index contributed by atoms with van der Waals surface area (Å²) in [6.45, 7) is 3.88. The number of piperazine rings is 1. The average molecular weight is 569 g/mol. The van der Waals surface area contributed by atoms with Gasteiger partial charge in [-0.05, 0) is 42.7 Å². The van der Waals surface area contributed by atoms with Crippen molar-refractivity contribution in [2.75, 3.05) is 39.8 Å². The average Bonchev–Trinajstić information content (AvgIpc) is 3.49. The van der Waals surface area contributed by atoms with Crippen molar-refractivity contribution in [1.29, 1.82) is 5.41 Å². The Morgan fingerprint density at radius 2 is 1.76 bits per heavy atom. The van der Waals surface area contributed by atoms with E-state index in [0.29, 0.717) is 35.3 Å². The summed E-state index contributed by atoms with van der Waals surface area (Å²) in [6, 6.07) is 12.7. The Hall–Kier alpha value is -4.36. The number of amides is 4. The minimum atomic E-state index is -1.58. The van der Waals surface area contributed by atoms with Gasteiger partial charge in [-0.3, -0.25) is 25.2 Å². The number of ether oxygens (including phenoxy) is 1. The highest BCUT2D eigenvalue weighted by Crippen LogP contribution is 2.29. The third kappa shape index (κ3) is 5.44. The first-order chi connectivity index (χ1) is 20.3. The van der Waals surface area contributed by atoms with Crippen molar-refractivity contribution >= 4 is 23.7 Å². The van der Waals surface area contributed by atoms with E-state index in [9.17, 15) is 14.4 Å². The number of nitrogens with zero attached hydrogens (tertiary/aromatic N) is 3. The van der Waals surface area contributed by atoms with E-state index in [1.165, 1.54) is 44.1 Å². The third-order valence-corrected chi connectivity index (χ3v) is 8.87. The Balaban J connectivity index is 1.13. The van der Waals surface area contributed by atoms with Gasteiger partial charge >= 0.3 is 6.03 Å². The molecule has 3 fully saturated rings. The molecule has 0 unspecified atom stereocenters. The van der Waals surface area contributed by atoms with Crippen molar-refractivity contribution in [2.45, 2.75) is 50.2 Å². The van der Waals surface area contributed by atoms with Gasteiger partial charge in [0.1, 0.15) is 11.6 Å². The molecule has 4 amide bonds.